The number of ketones is 1. The molecule has 1 saturated heterocycles. The zero-order chi connectivity index (χ0) is 38.6. The number of unbranched alkanes of at least 4 members (excludes halogenated alkanes) is 1. The van der Waals surface area contributed by atoms with Gasteiger partial charge in [0, 0.05) is 38.6 Å². The SMILES string of the molecule is COC(=O)/C(=C/CCC(=O)CNC(=O)c1ccc(Br)cc1NC1(Cc2cccc(Cl)c2)C(=O)NC2C=CC(Cl)=CC=C21)CCCCNCOC(C)(C)C. The molecule has 2 amide bonds. The van der Waals surface area contributed by atoms with E-state index in [2.05, 4.69) is 37.2 Å². The van der Waals surface area contributed by atoms with Crippen LogP contribution in [0.3, 0.4) is 0 Å². The minimum Gasteiger partial charge on any atom is -0.466 e. The molecule has 0 bridgehead atoms. The smallest absolute Gasteiger partial charge is 0.333 e. The van der Waals surface area contributed by atoms with Crippen molar-refractivity contribution in [3.05, 3.63) is 110 Å². The lowest BCUT2D eigenvalue weighted by Gasteiger charge is -2.32. The van der Waals surface area contributed by atoms with Gasteiger partial charge in [-0.15, -0.1) is 0 Å². The number of amides is 2. The maximum atomic E-state index is 13.9. The van der Waals surface area contributed by atoms with E-state index in [1.807, 2.05) is 45.1 Å². The summed E-state index contributed by atoms with van der Waals surface area (Å²) in [6.07, 6.45) is 11.6. The molecule has 0 saturated carbocycles. The molecule has 0 aromatic heterocycles. The largest absolute Gasteiger partial charge is 0.466 e. The molecule has 1 heterocycles. The molecule has 4 N–H and O–H groups in total. The molecule has 1 aliphatic heterocycles. The molecule has 284 valence electrons. The van der Waals surface area contributed by atoms with E-state index >= 15 is 0 Å². The lowest BCUT2D eigenvalue weighted by atomic mass is 9.82. The van der Waals surface area contributed by atoms with Crippen LogP contribution >= 0.6 is 39.1 Å². The van der Waals surface area contributed by atoms with E-state index in [1.165, 1.54) is 7.11 Å². The van der Waals surface area contributed by atoms with Crippen molar-refractivity contribution in [2.24, 2.45) is 0 Å². The Balaban J connectivity index is 1.42. The molecule has 53 heavy (non-hydrogen) atoms. The Kier molecular flexibility index (Phi) is 15.5. The Labute approximate surface area is 329 Å². The quantitative estimate of drug-likeness (QED) is 0.0532. The number of carbonyl (C=O) groups excluding carboxylic acids is 4. The second-order valence-corrected chi connectivity index (χ2v) is 15.6. The first-order valence-electron chi connectivity index (χ1n) is 17.5. The second kappa shape index (κ2) is 19.5. The Hall–Kier alpha value is -3.74. The fourth-order valence-corrected chi connectivity index (χ4v) is 6.71. The minimum atomic E-state index is -1.32. The van der Waals surface area contributed by atoms with E-state index in [-0.39, 0.29) is 42.2 Å². The van der Waals surface area contributed by atoms with E-state index in [1.54, 1.807) is 48.6 Å². The fraction of sp³-hybridized carbons (Fsp3) is 0.400. The lowest BCUT2D eigenvalue weighted by molar-refractivity contribution is -0.136. The van der Waals surface area contributed by atoms with Crippen molar-refractivity contribution in [2.45, 2.75) is 76.5 Å². The number of hydrogen-bond donors (Lipinski definition) is 4. The van der Waals surface area contributed by atoms with Gasteiger partial charge in [0.2, 0.25) is 0 Å². The Bertz CT molecular complexity index is 1800. The highest BCUT2D eigenvalue weighted by molar-refractivity contribution is 9.10. The molecule has 0 spiro atoms. The summed E-state index contributed by atoms with van der Waals surface area (Å²) in [6, 6.07) is 11.9. The van der Waals surface area contributed by atoms with Crippen LogP contribution in [-0.4, -0.2) is 67.7 Å². The molecule has 4 rings (SSSR count). The third-order valence-corrected chi connectivity index (χ3v) is 9.65. The highest BCUT2D eigenvalue weighted by Crippen LogP contribution is 2.38. The lowest BCUT2D eigenvalue weighted by Crippen LogP contribution is -2.49. The van der Waals surface area contributed by atoms with Crippen molar-refractivity contribution in [1.82, 2.24) is 16.0 Å². The van der Waals surface area contributed by atoms with E-state index in [0.29, 0.717) is 45.4 Å². The zero-order valence-corrected chi connectivity index (χ0v) is 33.6. The third-order valence-electron chi connectivity index (χ3n) is 8.67. The van der Waals surface area contributed by atoms with Gasteiger partial charge in [-0.3, -0.25) is 19.7 Å². The van der Waals surface area contributed by atoms with Crippen LogP contribution in [0.1, 0.15) is 68.8 Å². The summed E-state index contributed by atoms with van der Waals surface area (Å²) in [6.45, 7) is 6.96. The van der Waals surface area contributed by atoms with E-state index in [4.69, 9.17) is 32.7 Å². The number of hydrogen-bond acceptors (Lipinski definition) is 8. The number of halogens is 3. The van der Waals surface area contributed by atoms with Gasteiger partial charge in [-0.1, -0.05) is 69.5 Å². The number of fused-ring (bicyclic) bond motifs is 1. The molecule has 0 radical (unpaired) electrons. The number of anilines is 1. The highest BCUT2D eigenvalue weighted by atomic mass is 79.9. The second-order valence-electron chi connectivity index (χ2n) is 13.8. The Morgan fingerprint density at radius 1 is 1.06 bits per heavy atom. The molecule has 10 nitrogen and oxygen atoms in total. The number of nitrogens with one attached hydrogen (secondary N) is 4. The Morgan fingerprint density at radius 2 is 1.85 bits per heavy atom. The summed E-state index contributed by atoms with van der Waals surface area (Å²) in [7, 11) is 1.33. The molecule has 2 aromatic carbocycles. The monoisotopic (exact) mass is 828 g/mol. The predicted octanol–water partition coefficient (Wildman–Crippen LogP) is 7.32. The third kappa shape index (κ3) is 12.4. The topological polar surface area (TPSA) is 135 Å². The first-order valence-corrected chi connectivity index (χ1v) is 19.1. The number of esters is 1. The summed E-state index contributed by atoms with van der Waals surface area (Å²) in [4.78, 5) is 52.8. The molecule has 2 aliphatic rings. The molecular weight excluding hydrogens is 783 g/mol. The van der Waals surface area contributed by atoms with Gasteiger partial charge in [-0.2, -0.15) is 0 Å². The van der Waals surface area contributed by atoms with Crippen molar-refractivity contribution in [3.63, 3.8) is 0 Å². The minimum absolute atomic E-state index is 0.125. The number of benzene rings is 2. The predicted molar refractivity (Wildman–Crippen MR) is 213 cm³/mol. The summed E-state index contributed by atoms with van der Waals surface area (Å²) >= 11 is 16.2. The molecule has 2 atom stereocenters. The van der Waals surface area contributed by atoms with E-state index in [9.17, 15) is 19.2 Å². The van der Waals surface area contributed by atoms with E-state index < -0.39 is 23.5 Å². The zero-order valence-electron chi connectivity index (χ0n) is 30.5. The van der Waals surface area contributed by atoms with Gasteiger partial charge >= 0.3 is 5.97 Å². The maximum absolute atomic E-state index is 13.9. The number of rotatable bonds is 18. The van der Waals surface area contributed by atoms with Gasteiger partial charge in [0.05, 0.1) is 37.6 Å². The van der Waals surface area contributed by atoms with Crippen LogP contribution in [0.5, 0.6) is 0 Å². The molecule has 1 fully saturated rings. The fourth-order valence-electron chi connectivity index (χ4n) is 6.00. The summed E-state index contributed by atoms with van der Waals surface area (Å²) in [5.74, 6) is -1.41. The van der Waals surface area contributed by atoms with Crippen molar-refractivity contribution >= 4 is 68.4 Å². The highest BCUT2D eigenvalue weighted by Gasteiger charge is 2.51. The average Bonchev–Trinajstić information content (AvgIpc) is 3.21. The first-order chi connectivity index (χ1) is 25.2. The number of methoxy groups -OCH3 is 1. The van der Waals surface area contributed by atoms with Crippen LogP contribution in [0.4, 0.5) is 5.69 Å². The summed E-state index contributed by atoms with van der Waals surface area (Å²) in [5.41, 5.74) is 1.14. The van der Waals surface area contributed by atoms with Crippen LogP contribution in [0, 0.1) is 0 Å². The molecule has 1 aliphatic carbocycles. The molecular formula is C40H47BrCl2N4O6. The van der Waals surface area contributed by atoms with Crippen molar-refractivity contribution in [1.29, 1.82) is 0 Å². The van der Waals surface area contributed by atoms with Crippen LogP contribution < -0.4 is 21.3 Å². The normalized spacial score (nSPS) is 18.4. The van der Waals surface area contributed by atoms with Crippen molar-refractivity contribution in [3.8, 4) is 0 Å². The number of Topliss-reactive ketones (excluding diaryl/α,β-unsaturated/α-hetero) is 1. The van der Waals surface area contributed by atoms with Gasteiger partial charge in [0.25, 0.3) is 11.8 Å². The first kappa shape index (κ1) is 42.0. The Morgan fingerprint density at radius 3 is 2.58 bits per heavy atom. The van der Waals surface area contributed by atoms with Crippen LogP contribution in [0.25, 0.3) is 0 Å². The van der Waals surface area contributed by atoms with Gasteiger partial charge in [0.1, 0.15) is 5.54 Å². The van der Waals surface area contributed by atoms with Crippen molar-refractivity contribution < 1.29 is 28.7 Å². The standard InChI is InChI=1S/C40H47BrCl2N4O6/c1-39(2,3)53-25-44-20-6-5-10-27(37(50)52-4)11-8-13-31(48)24-45-36(49)32-17-14-28(41)22-35(32)47-40(23-26-9-7-12-30(43)21-26)33-18-15-29(42)16-19-34(33)46-38(40)51/h7,9,11-12,14-19,21-22,34,44,47H,5-6,8,10,13,20,23-25H2,1-4H3,(H,45,49)(H,46,51)/b27-11+. The summed E-state index contributed by atoms with van der Waals surface area (Å²) in [5, 5.41) is 13.5. The van der Waals surface area contributed by atoms with Crippen LogP contribution in [0.2, 0.25) is 5.02 Å². The molecule has 13 heteroatoms. The molecule has 2 unspecified atom stereocenters. The van der Waals surface area contributed by atoms with Gasteiger partial charge in [-0.05, 0) is 107 Å². The van der Waals surface area contributed by atoms with Crippen LogP contribution in [-0.2, 0) is 30.3 Å². The van der Waals surface area contributed by atoms with Crippen molar-refractivity contribution in [2.75, 3.05) is 32.2 Å². The number of ether oxygens (including phenoxy) is 2. The molecule has 2 aromatic rings. The van der Waals surface area contributed by atoms with Crippen LogP contribution in [0.15, 0.2) is 93.5 Å². The van der Waals surface area contributed by atoms with Gasteiger partial charge in [-0.25, -0.2) is 4.79 Å². The number of carbonyl (C=O) groups is 4. The average molecular weight is 831 g/mol. The number of allylic oxidation sites excluding steroid dienone is 5. The van der Waals surface area contributed by atoms with E-state index in [0.717, 1.165) is 30.5 Å². The maximum Gasteiger partial charge on any atom is 0.333 e. The van der Waals surface area contributed by atoms with Gasteiger partial charge < -0.3 is 25.4 Å². The summed E-state index contributed by atoms with van der Waals surface area (Å²) < 4.78 is 11.3. The van der Waals surface area contributed by atoms with Gasteiger partial charge in [0.15, 0.2) is 5.78 Å².